The van der Waals surface area contributed by atoms with Crippen molar-refractivity contribution in [1.82, 2.24) is 4.98 Å². The van der Waals surface area contributed by atoms with Gasteiger partial charge in [0.1, 0.15) is 11.5 Å². The third-order valence-corrected chi connectivity index (χ3v) is 5.70. The zero-order valence-corrected chi connectivity index (χ0v) is 19.0. The van der Waals surface area contributed by atoms with Gasteiger partial charge in [-0.15, -0.1) is 0 Å². The van der Waals surface area contributed by atoms with E-state index in [1.165, 1.54) is 4.90 Å². The Kier molecular flexibility index (Phi) is 6.47. The van der Waals surface area contributed by atoms with Crippen molar-refractivity contribution >= 4 is 34.7 Å². The fourth-order valence-electron chi connectivity index (χ4n) is 3.91. The van der Waals surface area contributed by atoms with E-state index in [4.69, 9.17) is 16.3 Å². The third-order valence-electron chi connectivity index (χ3n) is 5.46. The number of pyridine rings is 1. The van der Waals surface area contributed by atoms with Crippen LogP contribution in [-0.2, 0) is 9.59 Å². The molecule has 1 fully saturated rings. The van der Waals surface area contributed by atoms with Crippen LogP contribution in [0.1, 0.15) is 36.1 Å². The summed E-state index contributed by atoms with van der Waals surface area (Å²) in [5.74, 6) is -1.08. The molecule has 4 rings (SSSR count). The summed E-state index contributed by atoms with van der Waals surface area (Å²) in [5, 5.41) is 11.7. The van der Waals surface area contributed by atoms with Gasteiger partial charge in [0.2, 0.25) is 0 Å². The number of aryl methyl sites for hydroxylation is 1. The molecule has 6 nitrogen and oxygen atoms in total. The summed E-state index contributed by atoms with van der Waals surface area (Å²) in [7, 11) is 0. The SMILES string of the molecule is CCCOc1ccc(/C(O)=C2\C(=O)C(=O)N(c3ccc(Cl)cc3C)C2c2cccnc2)cc1. The molecule has 0 saturated carbocycles. The maximum atomic E-state index is 13.2. The molecule has 3 aromatic rings. The van der Waals surface area contributed by atoms with Crippen molar-refractivity contribution in [2.45, 2.75) is 26.3 Å². The van der Waals surface area contributed by atoms with Gasteiger partial charge in [-0.2, -0.15) is 0 Å². The Morgan fingerprint density at radius 2 is 1.91 bits per heavy atom. The Hall–Kier alpha value is -3.64. The molecule has 0 aliphatic carbocycles. The lowest BCUT2D eigenvalue weighted by atomic mass is 9.96. The Labute approximate surface area is 197 Å². The molecule has 1 saturated heterocycles. The molecule has 7 heteroatoms. The molecule has 0 radical (unpaired) electrons. The molecular weight excluding hydrogens is 440 g/mol. The van der Waals surface area contributed by atoms with E-state index in [0.717, 1.165) is 12.0 Å². The van der Waals surface area contributed by atoms with E-state index in [0.29, 0.717) is 34.2 Å². The van der Waals surface area contributed by atoms with Gasteiger partial charge in [-0.05, 0) is 73.0 Å². The number of aliphatic hydroxyl groups is 1. The lowest BCUT2D eigenvalue weighted by Crippen LogP contribution is -2.30. The van der Waals surface area contributed by atoms with Crippen LogP contribution in [0.4, 0.5) is 5.69 Å². The summed E-state index contributed by atoms with van der Waals surface area (Å²) in [6, 6.07) is 14.5. The van der Waals surface area contributed by atoms with E-state index in [2.05, 4.69) is 4.98 Å². The molecule has 1 aromatic heterocycles. The molecule has 1 N–H and O–H groups in total. The molecule has 1 atom stereocenters. The van der Waals surface area contributed by atoms with E-state index in [1.54, 1.807) is 67.0 Å². The summed E-state index contributed by atoms with van der Waals surface area (Å²) in [6.07, 6.45) is 4.07. The summed E-state index contributed by atoms with van der Waals surface area (Å²) < 4.78 is 5.60. The van der Waals surface area contributed by atoms with Gasteiger partial charge in [0, 0.05) is 28.7 Å². The second kappa shape index (κ2) is 9.46. The first-order valence-electron chi connectivity index (χ1n) is 10.6. The largest absolute Gasteiger partial charge is 0.507 e. The van der Waals surface area contributed by atoms with Crippen LogP contribution < -0.4 is 9.64 Å². The predicted molar refractivity (Wildman–Crippen MR) is 127 cm³/mol. The minimum Gasteiger partial charge on any atom is -0.507 e. The van der Waals surface area contributed by atoms with E-state index in [9.17, 15) is 14.7 Å². The number of anilines is 1. The number of carbonyl (C=O) groups is 2. The number of ketones is 1. The Balaban J connectivity index is 1.85. The fourth-order valence-corrected chi connectivity index (χ4v) is 4.13. The Morgan fingerprint density at radius 1 is 1.15 bits per heavy atom. The highest BCUT2D eigenvalue weighted by atomic mass is 35.5. The van der Waals surface area contributed by atoms with Crippen LogP contribution in [0.15, 0.2) is 72.6 Å². The first-order valence-corrected chi connectivity index (χ1v) is 11.0. The number of Topliss-reactive ketones (excluding diaryl/α,β-unsaturated/α-hetero) is 1. The highest BCUT2D eigenvalue weighted by Gasteiger charge is 2.47. The highest BCUT2D eigenvalue weighted by Crippen LogP contribution is 2.43. The maximum absolute atomic E-state index is 13.2. The van der Waals surface area contributed by atoms with Crippen LogP contribution in [0.2, 0.25) is 5.02 Å². The molecule has 168 valence electrons. The lowest BCUT2D eigenvalue weighted by molar-refractivity contribution is -0.132. The van der Waals surface area contributed by atoms with Crippen molar-refractivity contribution in [2.24, 2.45) is 0 Å². The van der Waals surface area contributed by atoms with Gasteiger partial charge in [-0.25, -0.2) is 0 Å². The number of carbonyl (C=O) groups excluding carboxylic acids is 2. The smallest absolute Gasteiger partial charge is 0.300 e. The summed E-state index contributed by atoms with van der Waals surface area (Å²) >= 11 is 6.11. The Bertz CT molecular complexity index is 1220. The number of ether oxygens (including phenoxy) is 1. The van der Waals surface area contributed by atoms with Gasteiger partial charge in [-0.3, -0.25) is 19.5 Å². The average molecular weight is 463 g/mol. The number of hydrogen-bond acceptors (Lipinski definition) is 5. The standard InChI is InChI=1S/C26H23ClN2O4/c1-3-13-33-20-9-6-17(7-10-20)24(30)22-23(18-5-4-12-28-15-18)29(26(32)25(22)31)21-11-8-19(27)14-16(21)2/h4-12,14-15,23,30H,3,13H2,1-2H3/b24-22+. The van der Waals surface area contributed by atoms with Gasteiger partial charge in [0.15, 0.2) is 0 Å². The number of aromatic nitrogens is 1. The zero-order valence-electron chi connectivity index (χ0n) is 18.3. The fraction of sp³-hybridized carbons (Fsp3) is 0.192. The molecule has 0 bridgehead atoms. The number of rotatable bonds is 6. The number of benzene rings is 2. The van der Waals surface area contributed by atoms with Crippen molar-refractivity contribution < 1.29 is 19.4 Å². The Morgan fingerprint density at radius 3 is 2.55 bits per heavy atom. The van der Waals surface area contributed by atoms with Crippen LogP contribution in [0.25, 0.3) is 5.76 Å². The van der Waals surface area contributed by atoms with Crippen molar-refractivity contribution in [2.75, 3.05) is 11.5 Å². The highest BCUT2D eigenvalue weighted by molar-refractivity contribution is 6.51. The number of halogens is 1. The quantitative estimate of drug-likeness (QED) is 0.299. The van der Waals surface area contributed by atoms with Crippen molar-refractivity contribution in [3.05, 3.63) is 94.3 Å². The van der Waals surface area contributed by atoms with E-state index in [-0.39, 0.29) is 11.3 Å². The zero-order chi connectivity index (χ0) is 23.5. The van der Waals surface area contributed by atoms with Gasteiger partial charge >= 0.3 is 0 Å². The summed E-state index contributed by atoms with van der Waals surface area (Å²) in [6.45, 7) is 4.41. The molecule has 1 unspecified atom stereocenters. The number of aliphatic hydroxyl groups excluding tert-OH is 1. The van der Waals surface area contributed by atoms with Crippen LogP contribution in [0, 0.1) is 6.92 Å². The first kappa shape index (κ1) is 22.6. The molecule has 0 spiro atoms. The minimum atomic E-state index is -0.838. The van der Waals surface area contributed by atoms with Gasteiger partial charge in [-0.1, -0.05) is 24.6 Å². The minimum absolute atomic E-state index is 0.00424. The van der Waals surface area contributed by atoms with Crippen LogP contribution in [0.5, 0.6) is 5.75 Å². The van der Waals surface area contributed by atoms with Gasteiger partial charge < -0.3 is 9.84 Å². The van der Waals surface area contributed by atoms with Crippen LogP contribution in [0.3, 0.4) is 0 Å². The summed E-state index contributed by atoms with van der Waals surface area (Å²) in [5.41, 5.74) is 2.30. The molecule has 2 aromatic carbocycles. The molecule has 2 heterocycles. The van der Waals surface area contributed by atoms with E-state index in [1.807, 2.05) is 13.8 Å². The molecule has 33 heavy (non-hydrogen) atoms. The van der Waals surface area contributed by atoms with Crippen molar-refractivity contribution in [3.63, 3.8) is 0 Å². The monoisotopic (exact) mass is 462 g/mol. The maximum Gasteiger partial charge on any atom is 0.300 e. The topological polar surface area (TPSA) is 79.7 Å². The second-order valence-electron chi connectivity index (χ2n) is 7.76. The molecule has 1 amide bonds. The van der Waals surface area contributed by atoms with Crippen molar-refractivity contribution in [3.8, 4) is 5.75 Å². The molecule has 1 aliphatic heterocycles. The normalized spacial score (nSPS) is 17.4. The van der Waals surface area contributed by atoms with Gasteiger partial charge in [0.25, 0.3) is 11.7 Å². The number of hydrogen-bond donors (Lipinski definition) is 1. The van der Waals surface area contributed by atoms with E-state index < -0.39 is 17.7 Å². The lowest BCUT2D eigenvalue weighted by Gasteiger charge is -2.26. The summed E-state index contributed by atoms with van der Waals surface area (Å²) in [4.78, 5) is 32.0. The molecule has 1 aliphatic rings. The first-order chi connectivity index (χ1) is 15.9. The van der Waals surface area contributed by atoms with Crippen LogP contribution >= 0.6 is 11.6 Å². The third kappa shape index (κ3) is 4.34. The number of nitrogens with zero attached hydrogens (tertiary/aromatic N) is 2. The van der Waals surface area contributed by atoms with Gasteiger partial charge in [0.05, 0.1) is 18.2 Å². The number of amides is 1. The average Bonchev–Trinajstić information content (AvgIpc) is 3.08. The van der Waals surface area contributed by atoms with Crippen LogP contribution in [-0.4, -0.2) is 28.4 Å². The second-order valence-corrected chi connectivity index (χ2v) is 8.20. The van der Waals surface area contributed by atoms with E-state index >= 15 is 0 Å². The predicted octanol–water partition coefficient (Wildman–Crippen LogP) is 5.46. The molecular formula is C26H23ClN2O4. The van der Waals surface area contributed by atoms with Crippen molar-refractivity contribution in [1.29, 1.82) is 0 Å².